The molecule has 3 heterocycles. The molecule has 0 spiro atoms. The summed E-state index contributed by atoms with van der Waals surface area (Å²) in [5.41, 5.74) is 4.10. The molecule has 0 atom stereocenters. The second kappa shape index (κ2) is 6.07. The molecule has 0 saturated carbocycles. The van der Waals surface area contributed by atoms with Crippen molar-refractivity contribution >= 4 is 39.6 Å². The second-order valence-corrected chi connectivity index (χ2v) is 6.72. The summed E-state index contributed by atoms with van der Waals surface area (Å²) in [7, 11) is 0. The lowest BCUT2D eigenvalue weighted by atomic mass is 10.1. The number of pyridine rings is 1. The molecule has 3 N–H and O–H groups in total. The number of hydrogen-bond donors (Lipinski definition) is 3. The average Bonchev–Trinajstić information content (AvgIpc) is 3.27. The number of anilines is 1. The van der Waals surface area contributed by atoms with E-state index in [1.807, 2.05) is 18.2 Å². The number of rotatable bonds is 2. The molecule has 0 fully saturated rings. The van der Waals surface area contributed by atoms with Crippen LogP contribution in [0, 0.1) is 18.3 Å². The van der Waals surface area contributed by atoms with Crippen LogP contribution in [0.3, 0.4) is 0 Å². The molecule has 0 radical (unpaired) electrons. The zero-order chi connectivity index (χ0) is 20.1. The van der Waals surface area contributed by atoms with Crippen LogP contribution >= 0.6 is 0 Å². The van der Waals surface area contributed by atoms with Gasteiger partial charge in [-0.05, 0) is 42.8 Å². The van der Waals surface area contributed by atoms with Gasteiger partial charge in [0.2, 0.25) is 0 Å². The number of benzene rings is 2. The molecule has 140 valence electrons. The third kappa shape index (κ3) is 2.49. The molecule has 0 saturated heterocycles. The lowest BCUT2D eigenvalue weighted by Gasteiger charge is -2.04. The van der Waals surface area contributed by atoms with Gasteiger partial charge in [-0.25, -0.2) is 9.78 Å². The van der Waals surface area contributed by atoms with E-state index in [1.54, 1.807) is 37.4 Å². The first-order chi connectivity index (χ1) is 14.1. The quantitative estimate of drug-likeness (QED) is 0.430. The topological polar surface area (TPSA) is 119 Å². The largest absolute Gasteiger partial charge is 0.361 e. The van der Waals surface area contributed by atoms with Crippen LogP contribution in [0.2, 0.25) is 0 Å². The van der Waals surface area contributed by atoms with Crippen molar-refractivity contribution in [3.05, 3.63) is 79.6 Å². The highest BCUT2D eigenvalue weighted by Gasteiger charge is 2.15. The summed E-state index contributed by atoms with van der Waals surface area (Å²) in [6.07, 6.45) is 1.58. The summed E-state index contributed by atoms with van der Waals surface area (Å²) in [6, 6.07) is 14.8. The Kier molecular flexibility index (Phi) is 3.51. The number of aromatic nitrogens is 4. The summed E-state index contributed by atoms with van der Waals surface area (Å²) >= 11 is 0. The molecule has 5 aromatic rings. The van der Waals surface area contributed by atoms with Crippen molar-refractivity contribution < 1.29 is 0 Å². The molecular weight excluding hydrogens is 368 g/mol. The molecule has 29 heavy (non-hydrogen) atoms. The van der Waals surface area contributed by atoms with Gasteiger partial charge in [0.1, 0.15) is 6.07 Å². The third-order valence-corrected chi connectivity index (χ3v) is 5.01. The van der Waals surface area contributed by atoms with Crippen LogP contribution < -0.4 is 21.8 Å². The van der Waals surface area contributed by atoms with E-state index in [9.17, 15) is 14.9 Å². The smallest absolute Gasteiger partial charge is 0.323 e. The van der Waals surface area contributed by atoms with Gasteiger partial charge in [0.15, 0.2) is 5.65 Å². The van der Waals surface area contributed by atoms with Gasteiger partial charge in [-0.15, -0.1) is 0 Å². The van der Waals surface area contributed by atoms with Crippen molar-refractivity contribution in [1.29, 1.82) is 5.26 Å². The summed E-state index contributed by atoms with van der Waals surface area (Å²) in [5.74, 6) is 0. The Morgan fingerprint density at radius 1 is 1.14 bits per heavy atom. The Morgan fingerprint density at radius 2 is 1.93 bits per heavy atom. The predicted molar refractivity (Wildman–Crippen MR) is 111 cm³/mol. The summed E-state index contributed by atoms with van der Waals surface area (Å²) < 4.78 is 1.47. The Morgan fingerprint density at radius 3 is 2.76 bits per heavy atom. The van der Waals surface area contributed by atoms with E-state index in [2.05, 4.69) is 26.3 Å². The van der Waals surface area contributed by atoms with Crippen LogP contribution in [0.1, 0.15) is 11.1 Å². The molecule has 8 heteroatoms. The normalized spacial score (nSPS) is 12.1. The van der Waals surface area contributed by atoms with Crippen LogP contribution in [0.4, 0.5) is 5.69 Å². The maximum atomic E-state index is 13.2. The Labute approximate surface area is 162 Å². The number of imidazole rings is 2. The van der Waals surface area contributed by atoms with Gasteiger partial charge in [-0.1, -0.05) is 12.1 Å². The molecule has 3 aromatic heterocycles. The van der Waals surface area contributed by atoms with E-state index < -0.39 is 0 Å². The van der Waals surface area contributed by atoms with Crippen LogP contribution in [-0.2, 0) is 0 Å². The fourth-order valence-corrected chi connectivity index (χ4v) is 3.56. The zero-order valence-electron chi connectivity index (χ0n) is 15.3. The van der Waals surface area contributed by atoms with Gasteiger partial charge in [0.25, 0.3) is 5.56 Å². The number of fused-ring (bicyclic) bond motifs is 4. The number of nitrogens with one attached hydrogen (secondary N) is 3. The minimum absolute atomic E-state index is 0.256. The molecule has 2 aromatic carbocycles. The van der Waals surface area contributed by atoms with Gasteiger partial charge < -0.3 is 15.3 Å². The van der Waals surface area contributed by atoms with Crippen LogP contribution in [0.5, 0.6) is 0 Å². The highest BCUT2D eigenvalue weighted by molar-refractivity contribution is 5.83. The predicted octanol–water partition coefficient (Wildman–Crippen LogP) is 1.77. The van der Waals surface area contributed by atoms with Crippen molar-refractivity contribution in [2.45, 2.75) is 6.92 Å². The van der Waals surface area contributed by atoms with Crippen molar-refractivity contribution in [3.8, 4) is 6.07 Å². The van der Waals surface area contributed by atoms with Crippen molar-refractivity contribution in [1.82, 2.24) is 19.4 Å². The molecule has 0 bridgehead atoms. The molecule has 0 unspecified atom stereocenters. The number of hydrogen-bond acceptors (Lipinski definition) is 5. The summed E-state index contributed by atoms with van der Waals surface area (Å²) in [4.78, 5) is 34.5. The standard InChI is InChI=1S/C21H14N6O2/c1-11-13(9-22)19-24-16-4-2-3-5-18(16)27(19)20(28)14(11)10-23-12-6-7-15-17(8-12)26-21(29)25-15/h2-8,10,23H,1H3,(H2,25,26,29)/b14-10-. The number of nitriles is 1. The maximum Gasteiger partial charge on any atom is 0.323 e. The van der Waals surface area contributed by atoms with Crippen LogP contribution in [-0.4, -0.2) is 19.4 Å². The molecule has 5 rings (SSSR count). The number of para-hydroxylation sites is 2. The molecule has 0 aliphatic carbocycles. The molecule has 0 aliphatic heterocycles. The number of aromatic amines is 2. The highest BCUT2D eigenvalue weighted by Crippen LogP contribution is 2.18. The third-order valence-electron chi connectivity index (χ3n) is 5.01. The summed E-state index contributed by atoms with van der Waals surface area (Å²) in [5, 5.41) is 13.2. The first-order valence-corrected chi connectivity index (χ1v) is 8.89. The van der Waals surface area contributed by atoms with Crippen LogP contribution in [0.15, 0.2) is 52.1 Å². The Balaban J connectivity index is 1.74. The van der Waals surface area contributed by atoms with Crippen molar-refractivity contribution in [2.24, 2.45) is 0 Å². The Bertz CT molecular complexity index is 1650. The van der Waals surface area contributed by atoms with E-state index in [0.29, 0.717) is 49.7 Å². The van der Waals surface area contributed by atoms with Gasteiger partial charge in [-0.3, -0.25) is 9.20 Å². The minimum Gasteiger partial charge on any atom is -0.361 e. The lowest BCUT2D eigenvalue weighted by Crippen LogP contribution is -2.34. The van der Waals surface area contributed by atoms with Gasteiger partial charge >= 0.3 is 5.69 Å². The van der Waals surface area contributed by atoms with Gasteiger partial charge in [-0.2, -0.15) is 5.26 Å². The Hall–Kier alpha value is -4.38. The van der Waals surface area contributed by atoms with Crippen molar-refractivity contribution in [3.63, 3.8) is 0 Å². The van der Waals surface area contributed by atoms with E-state index in [4.69, 9.17) is 0 Å². The monoisotopic (exact) mass is 382 g/mol. The zero-order valence-corrected chi connectivity index (χ0v) is 15.3. The van der Waals surface area contributed by atoms with E-state index in [-0.39, 0.29) is 11.2 Å². The first kappa shape index (κ1) is 16.8. The maximum absolute atomic E-state index is 13.2. The fraction of sp³-hybridized carbons (Fsp3) is 0.0476. The molecule has 0 amide bonds. The fourth-order valence-electron chi connectivity index (χ4n) is 3.56. The first-order valence-electron chi connectivity index (χ1n) is 8.89. The average molecular weight is 382 g/mol. The van der Waals surface area contributed by atoms with E-state index in [0.717, 1.165) is 0 Å². The number of H-pyrrole nitrogens is 2. The van der Waals surface area contributed by atoms with Crippen molar-refractivity contribution in [2.75, 3.05) is 5.32 Å². The van der Waals surface area contributed by atoms with Crippen LogP contribution in [0.25, 0.3) is 33.9 Å². The van der Waals surface area contributed by atoms with Gasteiger partial charge in [0.05, 0.1) is 32.8 Å². The molecule has 0 aliphatic rings. The minimum atomic E-state index is -0.282. The highest BCUT2D eigenvalue weighted by atomic mass is 16.1. The molecule has 8 nitrogen and oxygen atoms in total. The SMILES string of the molecule is Cc1c(C#N)c2nc3ccccc3n2c(=O)/c1=C\Nc1ccc2[nH]c(=O)[nH]c2c1. The lowest BCUT2D eigenvalue weighted by molar-refractivity contribution is 1.10. The van der Waals surface area contributed by atoms with Gasteiger partial charge in [0, 0.05) is 11.9 Å². The van der Waals surface area contributed by atoms with E-state index >= 15 is 0 Å². The second-order valence-electron chi connectivity index (χ2n) is 6.72. The number of nitrogens with zero attached hydrogens (tertiary/aromatic N) is 3. The van der Waals surface area contributed by atoms with E-state index in [1.165, 1.54) is 4.40 Å². The molecular formula is C21H14N6O2. The summed E-state index contributed by atoms with van der Waals surface area (Å²) in [6.45, 7) is 1.74.